The maximum Gasteiger partial charge on any atom is 0.471 e. The molecule has 1 unspecified atom stereocenters. The molecule has 21 heavy (non-hydrogen) atoms. The summed E-state index contributed by atoms with van der Waals surface area (Å²) in [7, 11) is -2.69. The molecule has 1 atom stereocenters. The van der Waals surface area contributed by atoms with Gasteiger partial charge in [0.1, 0.15) is 0 Å². The van der Waals surface area contributed by atoms with Crippen molar-refractivity contribution in [1.82, 2.24) is 5.32 Å². The number of hydrogen-bond acceptors (Lipinski definition) is 4. The van der Waals surface area contributed by atoms with Crippen LogP contribution in [-0.2, 0) is 18.4 Å². The number of unbranched alkanes of at least 4 members (excludes halogenated alkanes) is 3. The molecule has 2 N–H and O–H groups in total. The highest BCUT2D eigenvalue weighted by Crippen LogP contribution is 2.41. The number of phosphoric ester groups is 1. The Hall–Kier alpha value is -0.680. The molecule has 0 saturated carbocycles. The van der Waals surface area contributed by atoms with Crippen LogP contribution in [0.15, 0.2) is 13.2 Å². The Bertz CT molecular complexity index is 280. The van der Waals surface area contributed by atoms with Crippen molar-refractivity contribution in [2.75, 3.05) is 20.3 Å². The number of amides is 1. The fraction of sp³-hybridized carbons (Fsp3) is 0.786. The summed E-state index contributed by atoms with van der Waals surface area (Å²) in [6.45, 7) is 12.7. The number of phosphoric acid groups is 1. The summed E-state index contributed by atoms with van der Waals surface area (Å²) >= 11 is 0. The molecule has 6 nitrogen and oxygen atoms in total. The van der Waals surface area contributed by atoms with Gasteiger partial charge in [-0.3, -0.25) is 13.8 Å². The lowest BCUT2D eigenvalue weighted by Crippen LogP contribution is -2.21. The van der Waals surface area contributed by atoms with Gasteiger partial charge < -0.3 is 10.2 Å². The third kappa shape index (κ3) is 21.8. The molecular formula is C14H34NO5P. The lowest BCUT2D eigenvalue weighted by atomic mass is 10.1. The van der Waals surface area contributed by atoms with Crippen LogP contribution in [0.4, 0.5) is 0 Å². The Morgan fingerprint density at radius 2 is 1.76 bits per heavy atom. The number of carbonyl (C=O) groups excluding carboxylic acids is 1. The van der Waals surface area contributed by atoms with Gasteiger partial charge in [-0.2, -0.15) is 0 Å². The second kappa shape index (κ2) is 19.3. The highest BCUT2D eigenvalue weighted by molar-refractivity contribution is 7.47. The molecule has 7 heteroatoms. The van der Waals surface area contributed by atoms with Crippen LogP contribution in [0.25, 0.3) is 0 Å². The molecule has 0 aromatic rings. The molecule has 1 amide bonds. The van der Waals surface area contributed by atoms with E-state index in [2.05, 4.69) is 27.5 Å². The Labute approximate surface area is 131 Å². The van der Waals surface area contributed by atoms with Crippen LogP contribution in [0.2, 0.25) is 0 Å². The first-order chi connectivity index (χ1) is 10.0. The standard InChI is InChI=1S/C10H22NO5P.C2H6.C2H4.H2/c1-3-11-10(12)8-6-4-5-7-9-16-17(13,14)15-2;2*1-2;/h3-9H2,1-2H3,(H,11,12)(H,13,14);1-2H3;1-2H2;1H. The quantitative estimate of drug-likeness (QED) is 0.361. The Kier molecular flexibility index (Phi) is 23.3. The van der Waals surface area contributed by atoms with Crippen molar-refractivity contribution >= 4 is 13.7 Å². The molecular weight excluding hydrogens is 293 g/mol. The highest BCUT2D eigenvalue weighted by Gasteiger charge is 2.17. The van der Waals surface area contributed by atoms with Crippen LogP contribution >= 0.6 is 7.82 Å². The number of rotatable bonds is 10. The molecule has 0 heterocycles. The highest BCUT2D eigenvalue weighted by atomic mass is 31.2. The average Bonchev–Trinajstić information content (AvgIpc) is 2.50. The minimum Gasteiger partial charge on any atom is -0.356 e. The summed E-state index contributed by atoms with van der Waals surface area (Å²) < 4.78 is 19.8. The zero-order valence-corrected chi connectivity index (χ0v) is 14.8. The van der Waals surface area contributed by atoms with E-state index in [0.29, 0.717) is 19.4 Å². The molecule has 0 spiro atoms. The fourth-order valence-corrected chi connectivity index (χ4v) is 1.72. The van der Waals surface area contributed by atoms with Gasteiger partial charge in [0.05, 0.1) is 6.61 Å². The molecule has 0 aliphatic heterocycles. The van der Waals surface area contributed by atoms with Crippen molar-refractivity contribution in [3.8, 4) is 0 Å². The second-order valence-corrected chi connectivity index (χ2v) is 5.16. The zero-order chi connectivity index (χ0) is 17.1. The summed E-state index contributed by atoms with van der Waals surface area (Å²) in [5.74, 6) is 0.0722. The van der Waals surface area contributed by atoms with Crippen LogP contribution < -0.4 is 5.32 Å². The van der Waals surface area contributed by atoms with E-state index >= 15 is 0 Å². The van der Waals surface area contributed by atoms with Gasteiger partial charge in [-0.25, -0.2) is 4.57 Å². The van der Waals surface area contributed by atoms with Gasteiger partial charge >= 0.3 is 7.82 Å². The molecule has 0 aliphatic carbocycles. The van der Waals surface area contributed by atoms with Crippen LogP contribution in [0.1, 0.15) is 54.3 Å². The first-order valence-electron chi connectivity index (χ1n) is 7.31. The molecule has 0 rings (SSSR count). The molecule has 0 bridgehead atoms. The monoisotopic (exact) mass is 327 g/mol. The van der Waals surface area contributed by atoms with Gasteiger partial charge in [0.2, 0.25) is 5.91 Å². The Morgan fingerprint density at radius 1 is 1.24 bits per heavy atom. The summed E-state index contributed by atoms with van der Waals surface area (Å²) in [4.78, 5) is 20.0. The predicted molar refractivity (Wildman–Crippen MR) is 89.3 cm³/mol. The Morgan fingerprint density at radius 3 is 2.24 bits per heavy atom. The van der Waals surface area contributed by atoms with Crippen molar-refractivity contribution in [3.05, 3.63) is 13.2 Å². The molecule has 0 aromatic carbocycles. The van der Waals surface area contributed by atoms with Crippen LogP contribution in [0.5, 0.6) is 0 Å². The first-order valence-corrected chi connectivity index (χ1v) is 8.81. The van der Waals surface area contributed by atoms with E-state index < -0.39 is 7.82 Å². The molecule has 0 radical (unpaired) electrons. The lowest BCUT2D eigenvalue weighted by Gasteiger charge is -2.08. The van der Waals surface area contributed by atoms with Crippen molar-refractivity contribution in [2.24, 2.45) is 0 Å². The van der Waals surface area contributed by atoms with Crippen LogP contribution in [-0.4, -0.2) is 31.1 Å². The van der Waals surface area contributed by atoms with Crippen molar-refractivity contribution < 1.29 is 24.7 Å². The average molecular weight is 327 g/mol. The summed E-state index contributed by atoms with van der Waals surface area (Å²) in [5.41, 5.74) is 0. The van der Waals surface area contributed by atoms with Crippen molar-refractivity contribution in [2.45, 2.75) is 52.9 Å². The normalized spacial score (nSPS) is 12.0. The van der Waals surface area contributed by atoms with Gasteiger partial charge in [0.25, 0.3) is 0 Å². The third-order valence-electron chi connectivity index (χ3n) is 2.16. The zero-order valence-electron chi connectivity index (χ0n) is 13.9. The van der Waals surface area contributed by atoms with E-state index in [4.69, 9.17) is 4.89 Å². The largest absolute Gasteiger partial charge is 0.471 e. The molecule has 0 aromatic heterocycles. The van der Waals surface area contributed by atoms with Gasteiger partial charge in [-0.1, -0.05) is 26.7 Å². The van der Waals surface area contributed by atoms with E-state index in [1.54, 1.807) is 0 Å². The maximum atomic E-state index is 11.1. The number of hydrogen-bond donors (Lipinski definition) is 2. The third-order valence-corrected chi connectivity index (χ3v) is 3.13. The van der Waals surface area contributed by atoms with E-state index in [1.807, 2.05) is 20.8 Å². The van der Waals surface area contributed by atoms with Gasteiger partial charge in [-0.05, 0) is 19.8 Å². The van der Waals surface area contributed by atoms with E-state index in [9.17, 15) is 9.36 Å². The SMILES string of the molecule is C=C.CC.CCNC(=O)CCCCCCOP(=O)(O)OC.[HH]. The summed E-state index contributed by atoms with van der Waals surface area (Å²) in [6, 6.07) is 0. The van der Waals surface area contributed by atoms with E-state index in [1.165, 1.54) is 0 Å². The molecule has 0 fully saturated rings. The van der Waals surface area contributed by atoms with Gasteiger partial charge in [0.15, 0.2) is 0 Å². The number of nitrogens with one attached hydrogen (secondary N) is 1. The second-order valence-electron chi connectivity index (χ2n) is 3.60. The van der Waals surface area contributed by atoms with E-state index in [0.717, 1.165) is 26.4 Å². The maximum absolute atomic E-state index is 11.1. The van der Waals surface area contributed by atoms with E-state index in [-0.39, 0.29) is 13.9 Å². The minimum atomic E-state index is -3.82. The minimum absolute atomic E-state index is 0. The molecule has 130 valence electrons. The topological polar surface area (TPSA) is 84.9 Å². The van der Waals surface area contributed by atoms with Crippen molar-refractivity contribution in [1.29, 1.82) is 0 Å². The molecule has 0 saturated heterocycles. The smallest absolute Gasteiger partial charge is 0.356 e. The summed E-state index contributed by atoms with van der Waals surface area (Å²) in [5, 5.41) is 2.73. The molecule has 0 aliphatic rings. The predicted octanol–water partition coefficient (Wildman–Crippen LogP) is 3.91. The van der Waals surface area contributed by atoms with Gasteiger partial charge in [0, 0.05) is 21.5 Å². The van der Waals surface area contributed by atoms with Crippen molar-refractivity contribution in [3.63, 3.8) is 0 Å². The van der Waals surface area contributed by atoms with Crippen LogP contribution in [0.3, 0.4) is 0 Å². The van der Waals surface area contributed by atoms with Crippen LogP contribution in [0, 0.1) is 0 Å². The number of carbonyl (C=O) groups is 1. The fourth-order valence-electron chi connectivity index (χ4n) is 1.26. The summed E-state index contributed by atoms with van der Waals surface area (Å²) in [6.07, 6.45) is 3.81. The van der Waals surface area contributed by atoms with Gasteiger partial charge in [-0.15, -0.1) is 13.2 Å². The Balaban J connectivity index is -0.000000297. The lowest BCUT2D eigenvalue weighted by molar-refractivity contribution is -0.121. The first kappa shape index (κ1) is 25.3.